The average Bonchev–Trinajstić information content (AvgIpc) is 2.20. The molecular formula is C13H30N2. The number of nitrogens with one attached hydrogen (secondary N) is 1. The van der Waals surface area contributed by atoms with Gasteiger partial charge in [-0.1, -0.05) is 13.8 Å². The third-order valence-electron chi connectivity index (χ3n) is 2.94. The van der Waals surface area contributed by atoms with Gasteiger partial charge < -0.3 is 5.32 Å². The summed E-state index contributed by atoms with van der Waals surface area (Å²) in [4.78, 5) is 2.62. The molecule has 0 aliphatic rings. The zero-order chi connectivity index (χ0) is 11.7. The molecule has 0 aromatic rings. The summed E-state index contributed by atoms with van der Waals surface area (Å²) in [5.74, 6) is 0. The molecule has 0 aromatic heterocycles. The molecular weight excluding hydrogens is 184 g/mol. The molecule has 0 saturated carbocycles. The van der Waals surface area contributed by atoms with Crippen LogP contribution < -0.4 is 5.32 Å². The predicted molar refractivity (Wildman–Crippen MR) is 69.4 cm³/mol. The molecule has 0 aromatic carbocycles. The van der Waals surface area contributed by atoms with E-state index in [1.165, 1.54) is 32.4 Å². The second kappa shape index (κ2) is 9.17. The minimum absolute atomic E-state index is 0.680. The van der Waals surface area contributed by atoms with Crippen molar-refractivity contribution < 1.29 is 0 Å². The summed E-state index contributed by atoms with van der Waals surface area (Å²) in [5.41, 5.74) is 0. The SMILES string of the molecule is CCCN(C(C)C)C(C)CCCNCC. The molecule has 0 fully saturated rings. The highest BCUT2D eigenvalue weighted by Crippen LogP contribution is 2.11. The van der Waals surface area contributed by atoms with Gasteiger partial charge in [-0.25, -0.2) is 0 Å². The van der Waals surface area contributed by atoms with Gasteiger partial charge in [0, 0.05) is 12.1 Å². The van der Waals surface area contributed by atoms with E-state index in [1.807, 2.05) is 0 Å². The van der Waals surface area contributed by atoms with Gasteiger partial charge in [0.1, 0.15) is 0 Å². The first-order chi connectivity index (χ1) is 7.13. The smallest absolute Gasteiger partial charge is 0.00701 e. The van der Waals surface area contributed by atoms with E-state index in [2.05, 4.69) is 44.8 Å². The third kappa shape index (κ3) is 6.91. The van der Waals surface area contributed by atoms with Crippen molar-refractivity contribution in [2.24, 2.45) is 0 Å². The minimum atomic E-state index is 0.680. The highest BCUT2D eigenvalue weighted by Gasteiger charge is 2.15. The molecule has 2 heteroatoms. The van der Waals surface area contributed by atoms with Crippen LogP contribution in [0.5, 0.6) is 0 Å². The standard InChI is InChI=1S/C13H30N2/c1-6-11-15(12(3)4)13(5)9-8-10-14-7-2/h12-14H,6-11H2,1-5H3. The van der Waals surface area contributed by atoms with Crippen molar-refractivity contribution in [3.8, 4) is 0 Å². The van der Waals surface area contributed by atoms with Crippen LogP contribution in [0.25, 0.3) is 0 Å². The first kappa shape index (κ1) is 14.9. The lowest BCUT2D eigenvalue weighted by Crippen LogP contribution is -2.39. The number of hydrogen-bond acceptors (Lipinski definition) is 2. The van der Waals surface area contributed by atoms with E-state index in [9.17, 15) is 0 Å². The molecule has 0 amide bonds. The van der Waals surface area contributed by atoms with Gasteiger partial charge in [-0.15, -0.1) is 0 Å². The van der Waals surface area contributed by atoms with Crippen molar-refractivity contribution >= 4 is 0 Å². The van der Waals surface area contributed by atoms with Gasteiger partial charge in [0.05, 0.1) is 0 Å². The zero-order valence-electron chi connectivity index (χ0n) is 11.3. The van der Waals surface area contributed by atoms with Gasteiger partial charge in [0.15, 0.2) is 0 Å². The first-order valence-corrected chi connectivity index (χ1v) is 6.59. The topological polar surface area (TPSA) is 15.3 Å². The Labute approximate surface area is 96.4 Å². The second-order valence-electron chi connectivity index (χ2n) is 4.68. The monoisotopic (exact) mass is 214 g/mol. The Bertz CT molecular complexity index is 134. The second-order valence-corrected chi connectivity index (χ2v) is 4.68. The molecule has 0 bridgehead atoms. The van der Waals surface area contributed by atoms with Crippen molar-refractivity contribution in [2.75, 3.05) is 19.6 Å². The van der Waals surface area contributed by atoms with Crippen LogP contribution in [-0.2, 0) is 0 Å². The molecule has 0 spiro atoms. The van der Waals surface area contributed by atoms with Crippen molar-refractivity contribution in [3.05, 3.63) is 0 Å². The fourth-order valence-electron chi connectivity index (χ4n) is 2.11. The molecule has 1 unspecified atom stereocenters. The number of nitrogens with zero attached hydrogens (tertiary/aromatic N) is 1. The fourth-order valence-corrected chi connectivity index (χ4v) is 2.11. The fraction of sp³-hybridized carbons (Fsp3) is 1.00. The maximum atomic E-state index is 3.39. The Morgan fingerprint density at radius 3 is 2.27 bits per heavy atom. The Morgan fingerprint density at radius 1 is 1.13 bits per heavy atom. The number of hydrogen-bond donors (Lipinski definition) is 1. The summed E-state index contributed by atoms with van der Waals surface area (Å²) < 4.78 is 0. The molecule has 15 heavy (non-hydrogen) atoms. The Kier molecular flexibility index (Phi) is 9.12. The van der Waals surface area contributed by atoms with Crippen LogP contribution in [0, 0.1) is 0 Å². The van der Waals surface area contributed by atoms with E-state index in [0.717, 1.165) is 12.6 Å². The Balaban J connectivity index is 3.76. The van der Waals surface area contributed by atoms with Crippen molar-refractivity contribution in [3.63, 3.8) is 0 Å². The highest BCUT2D eigenvalue weighted by atomic mass is 15.2. The normalized spacial score (nSPS) is 13.8. The third-order valence-corrected chi connectivity index (χ3v) is 2.94. The van der Waals surface area contributed by atoms with Crippen LogP contribution in [-0.4, -0.2) is 36.6 Å². The van der Waals surface area contributed by atoms with Crippen LogP contribution in [0.2, 0.25) is 0 Å². The van der Waals surface area contributed by atoms with Gasteiger partial charge >= 0.3 is 0 Å². The number of rotatable bonds is 9. The van der Waals surface area contributed by atoms with E-state index in [0.29, 0.717) is 6.04 Å². The summed E-state index contributed by atoms with van der Waals surface area (Å²) in [6.07, 6.45) is 3.86. The molecule has 0 heterocycles. The van der Waals surface area contributed by atoms with Crippen molar-refractivity contribution in [1.29, 1.82) is 0 Å². The molecule has 0 aliphatic carbocycles. The zero-order valence-corrected chi connectivity index (χ0v) is 11.3. The van der Waals surface area contributed by atoms with Gasteiger partial charge in [0.2, 0.25) is 0 Å². The molecule has 2 nitrogen and oxygen atoms in total. The average molecular weight is 214 g/mol. The summed E-state index contributed by atoms with van der Waals surface area (Å²) in [7, 11) is 0. The van der Waals surface area contributed by atoms with E-state index >= 15 is 0 Å². The summed E-state index contributed by atoms with van der Waals surface area (Å²) >= 11 is 0. The lowest BCUT2D eigenvalue weighted by molar-refractivity contribution is 0.155. The Morgan fingerprint density at radius 2 is 1.80 bits per heavy atom. The Hall–Kier alpha value is -0.0800. The van der Waals surface area contributed by atoms with Gasteiger partial charge in [-0.2, -0.15) is 0 Å². The molecule has 92 valence electrons. The van der Waals surface area contributed by atoms with Gasteiger partial charge in [-0.3, -0.25) is 4.90 Å². The summed E-state index contributed by atoms with van der Waals surface area (Å²) in [6, 6.07) is 1.41. The molecule has 1 atom stereocenters. The first-order valence-electron chi connectivity index (χ1n) is 6.59. The molecule has 0 radical (unpaired) electrons. The lowest BCUT2D eigenvalue weighted by Gasteiger charge is -2.32. The van der Waals surface area contributed by atoms with Crippen molar-refractivity contribution in [2.45, 2.75) is 66.0 Å². The maximum absolute atomic E-state index is 3.39. The minimum Gasteiger partial charge on any atom is -0.317 e. The quantitative estimate of drug-likeness (QED) is 0.594. The van der Waals surface area contributed by atoms with E-state index in [4.69, 9.17) is 0 Å². The molecule has 0 aliphatic heterocycles. The van der Waals surface area contributed by atoms with Crippen LogP contribution >= 0.6 is 0 Å². The summed E-state index contributed by atoms with van der Waals surface area (Å²) in [6.45, 7) is 14.9. The summed E-state index contributed by atoms with van der Waals surface area (Å²) in [5, 5.41) is 3.39. The van der Waals surface area contributed by atoms with Gasteiger partial charge in [0.25, 0.3) is 0 Å². The predicted octanol–water partition coefficient (Wildman–Crippen LogP) is 2.89. The van der Waals surface area contributed by atoms with E-state index in [-0.39, 0.29) is 0 Å². The molecule has 0 rings (SSSR count). The van der Waals surface area contributed by atoms with Crippen LogP contribution in [0.15, 0.2) is 0 Å². The largest absolute Gasteiger partial charge is 0.317 e. The highest BCUT2D eigenvalue weighted by molar-refractivity contribution is 4.70. The van der Waals surface area contributed by atoms with Crippen LogP contribution in [0.1, 0.15) is 53.9 Å². The molecule has 0 saturated heterocycles. The van der Waals surface area contributed by atoms with Crippen molar-refractivity contribution in [1.82, 2.24) is 10.2 Å². The van der Waals surface area contributed by atoms with Crippen LogP contribution in [0.4, 0.5) is 0 Å². The van der Waals surface area contributed by atoms with Gasteiger partial charge in [-0.05, 0) is 59.7 Å². The van der Waals surface area contributed by atoms with E-state index in [1.54, 1.807) is 0 Å². The van der Waals surface area contributed by atoms with Crippen LogP contribution in [0.3, 0.4) is 0 Å². The maximum Gasteiger partial charge on any atom is 0.00701 e. The molecule has 1 N–H and O–H groups in total. The lowest BCUT2D eigenvalue weighted by atomic mass is 10.1. The van der Waals surface area contributed by atoms with E-state index < -0.39 is 0 Å².